The van der Waals surface area contributed by atoms with Gasteiger partial charge in [0.1, 0.15) is 5.75 Å². The number of halogens is 3. The highest BCUT2D eigenvalue weighted by molar-refractivity contribution is 5.94. The van der Waals surface area contributed by atoms with Crippen molar-refractivity contribution in [2.75, 3.05) is 6.54 Å². The number of hydrogen-bond donors (Lipinski definition) is 2. The normalized spacial score (nSPS) is 20.0. The molecule has 1 saturated carbocycles. The largest absolute Gasteiger partial charge is 0.573 e. The van der Waals surface area contributed by atoms with Crippen molar-refractivity contribution >= 4 is 5.91 Å². The van der Waals surface area contributed by atoms with Crippen LogP contribution < -0.4 is 10.1 Å². The zero-order valence-corrected chi connectivity index (χ0v) is 16.6. The molecule has 3 atom stereocenters. The molecule has 30 heavy (non-hydrogen) atoms. The Morgan fingerprint density at radius 2 is 1.80 bits per heavy atom. The summed E-state index contributed by atoms with van der Waals surface area (Å²) in [5, 5.41) is 13.5. The minimum atomic E-state index is -4.76. The van der Waals surface area contributed by atoms with Crippen molar-refractivity contribution in [1.82, 2.24) is 5.32 Å². The second kappa shape index (κ2) is 9.98. The van der Waals surface area contributed by atoms with Crippen LogP contribution in [0, 0.1) is 11.8 Å². The van der Waals surface area contributed by atoms with Crippen molar-refractivity contribution in [2.45, 2.75) is 44.6 Å². The number of benzene rings is 2. The summed E-state index contributed by atoms with van der Waals surface area (Å²) in [6.07, 6.45) is -0.817. The Morgan fingerprint density at radius 1 is 1.10 bits per heavy atom. The quantitative estimate of drug-likeness (QED) is 0.648. The number of aliphatic hydroxyl groups excluding tert-OH is 1. The number of hydrogen-bond acceptors (Lipinski definition) is 3. The maximum Gasteiger partial charge on any atom is 0.573 e. The van der Waals surface area contributed by atoms with Crippen molar-refractivity contribution in [3.63, 3.8) is 0 Å². The molecule has 2 N–H and O–H groups in total. The van der Waals surface area contributed by atoms with E-state index >= 15 is 0 Å². The first kappa shape index (κ1) is 22.2. The molecule has 0 spiro atoms. The summed E-state index contributed by atoms with van der Waals surface area (Å²) in [5.41, 5.74) is 1.46. The monoisotopic (exact) mass is 421 g/mol. The molecule has 162 valence electrons. The van der Waals surface area contributed by atoms with E-state index in [0.717, 1.165) is 37.8 Å². The molecule has 1 aliphatic rings. The number of aliphatic hydroxyl groups is 1. The van der Waals surface area contributed by atoms with Gasteiger partial charge in [-0.2, -0.15) is 0 Å². The zero-order chi connectivity index (χ0) is 21.6. The van der Waals surface area contributed by atoms with E-state index in [1.807, 2.05) is 30.3 Å². The number of aryl methyl sites for hydroxylation is 1. The average molecular weight is 421 g/mol. The first-order valence-electron chi connectivity index (χ1n) is 10.2. The van der Waals surface area contributed by atoms with Gasteiger partial charge in [-0.15, -0.1) is 13.2 Å². The van der Waals surface area contributed by atoms with Gasteiger partial charge in [-0.25, -0.2) is 0 Å². The predicted octanol–water partition coefficient (Wildman–Crippen LogP) is 4.73. The predicted molar refractivity (Wildman–Crippen MR) is 107 cm³/mol. The van der Waals surface area contributed by atoms with Crippen LogP contribution in [-0.4, -0.2) is 30.0 Å². The number of ether oxygens (including phenoxy) is 1. The number of carbonyl (C=O) groups excluding carboxylic acids is 1. The van der Waals surface area contributed by atoms with Crippen LogP contribution in [0.4, 0.5) is 13.2 Å². The van der Waals surface area contributed by atoms with Gasteiger partial charge in [0.25, 0.3) is 5.91 Å². The summed E-state index contributed by atoms with van der Waals surface area (Å²) in [6, 6.07) is 14.9. The molecule has 1 fully saturated rings. The fourth-order valence-electron chi connectivity index (χ4n) is 4.13. The molecule has 0 radical (unpaired) electrons. The standard InChI is InChI=1S/C23H26F3NO3/c24-23(25,26)30-19-12-10-17(11-13-19)22(29)27-15-18-7-4-8-20(18)21(28)14-9-16-5-2-1-3-6-16/h1-3,5-6,10-13,18,20-21,28H,4,7-9,14-15H2,(H,27,29)/t18-,20+,21?/m0/s1. The van der Waals surface area contributed by atoms with Gasteiger partial charge in [0.15, 0.2) is 0 Å². The molecule has 7 heteroatoms. The van der Waals surface area contributed by atoms with Gasteiger partial charge in [0.2, 0.25) is 0 Å². The van der Waals surface area contributed by atoms with E-state index in [-0.39, 0.29) is 29.1 Å². The summed E-state index contributed by atoms with van der Waals surface area (Å²) in [6.45, 7) is 0.437. The Morgan fingerprint density at radius 3 is 2.47 bits per heavy atom. The summed E-state index contributed by atoms with van der Waals surface area (Å²) < 4.78 is 40.5. The van der Waals surface area contributed by atoms with Crippen molar-refractivity contribution in [1.29, 1.82) is 0 Å². The summed E-state index contributed by atoms with van der Waals surface area (Å²) >= 11 is 0. The molecule has 0 heterocycles. The van der Waals surface area contributed by atoms with Crippen molar-refractivity contribution < 1.29 is 27.8 Å². The summed E-state index contributed by atoms with van der Waals surface area (Å²) in [7, 11) is 0. The SMILES string of the molecule is O=C(NC[C@@H]1CCC[C@H]1C(O)CCc1ccccc1)c1ccc(OC(F)(F)F)cc1. The van der Waals surface area contributed by atoms with Gasteiger partial charge < -0.3 is 15.2 Å². The Labute approximate surface area is 174 Å². The van der Waals surface area contributed by atoms with Gasteiger partial charge in [-0.1, -0.05) is 36.8 Å². The highest BCUT2D eigenvalue weighted by Gasteiger charge is 2.33. The van der Waals surface area contributed by atoms with Crippen molar-refractivity contribution in [2.24, 2.45) is 11.8 Å². The minimum Gasteiger partial charge on any atom is -0.406 e. The lowest BCUT2D eigenvalue weighted by Crippen LogP contribution is -2.34. The topological polar surface area (TPSA) is 58.6 Å². The van der Waals surface area contributed by atoms with E-state index < -0.39 is 12.5 Å². The first-order valence-corrected chi connectivity index (χ1v) is 10.2. The van der Waals surface area contributed by atoms with Crippen molar-refractivity contribution in [3.05, 3.63) is 65.7 Å². The maximum absolute atomic E-state index is 12.3. The molecule has 0 bridgehead atoms. The number of amides is 1. The lowest BCUT2D eigenvalue weighted by atomic mass is 9.87. The van der Waals surface area contributed by atoms with Crippen LogP contribution in [0.15, 0.2) is 54.6 Å². The van der Waals surface area contributed by atoms with Crippen LogP contribution in [0.5, 0.6) is 5.75 Å². The Hall–Kier alpha value is -2.54. The van der Waals surface area contributed by atoms with Crippen LogP contribution in [-0.2, 0) is 6.42 Å². The lowest BCUT2D eigenvalue weighted by Gasteiger charge is -2.25. The average Bonchev–Trinajstić information content (AvgIpc) is 3.19. The van der Waals surface area contributed by atoms with Gasteiger partial charge >= 0.3 is 6.36 Å². The van der Waals surface area contributed by atoms with Crippen LogP contribution in [0.25, 0.3) is 0 Å². The van der Waals surface area contributed by atoms with Crippen LogP contribution in [0.1, 0.15) is 41.6 Å². The third-order valence-corrected chi connectivity index (χ3v) is 5.66. The van der Waals surface area contributed by atoms with E-state index in [1.54, 1.807) is 0 Å². The molecule has 0 aromatic heterocycles. The molecule has 1 unspecified atom stereocenters. The molecule has 1 aliphatic carbocycles. The fraction of sp³-hybridized carbons (Fsp3) is 0.435. The highest BCUT2D eigenvalue weighted by Crippen LogP contribution is 2.35. The maximum atomic E-state index is 12.3. The Bertz CT molecular complexity index is 809. The molecule has 0 aliphatic heterocycles. The molecule has 0 saturated heterocycles. The molecule has 2 aromatic carbocycles. The first-order chi connectivity index (χ1) is 14.3. The smallest absolute Gasteiger partial charge is 0.406 e. The number of carbonyl (C=O) groups is 1. The third kappa shape index (κ3) is 6.49. The summed E-state index contributed by atoms with van der Waals surface area (Å²) in [5.74, 6) is -0.390. The van der Waals surface area contributed by atoms with Gasteiger partial charge in [0, 0.05) is 12.1 Å². The van der Waals surface area contributed by atoms with Crippen LogP contribution in [0.2, 0.25) is 0 Å². The van der Waals surface area contributed by atoms with E-state index in [0.29, 0.717) is 13.0 Å². The van der Waals surface area contributed by atoms with E-state index in [4.69, 9.17) is 0 Å². The molecular weight excluding hydrogens is 395 g/mol. The molecule has 2 aromatic rings. The number of alkyl halides is 3. The molecule has 3 rings (SSSR count). The number of rotatable bonds is 8. The van der Waals surface area contributed by atoms with Gasteiger partial charge in [0.05, 0.1) is 6.10 Å². The zero-order valence-electron chi connectivity index (χ0n) is 16.6. The van der Waals surface area contributed by atoms with Crippen LogP contribution in [0.3, 0.4) is 0 Å². The molecular formula is C23H26F3NO3. The van der Waals surface area contributed by atoms with Crippen molar-refractivity contribution in [3.8, 4) is 5.75 Å². The fourth-order valence-corrected chi connectivity index (χ4v) is 4.13. The Kier molecular flexibility index (Phi) is 7.37. The minimum absolute atomic E-state index is 0.136. The van der Waals surface area contributed by atoms with E-state index in [2.05, 4.69) is 10.1 Å². The van der Waals surface area contributed by atoms with E-state index in [9.17, 15) is 23.1 Å². The second-order valence-corrected chi connectivity index (χ2v) is 7.73. The van der Waals surface area contributed by atoms with E-state index in [1.165, 1.54) is 17.7 Å². The van der Waals surface area contributed by atoms with Gasteiger partial charge in [-0.05, 0) is 67.3 Å². The van der Waals surface area contributed by atoms with Gasteiger partial charge in [-0.3, -0.25) is 4.79 Å². The number of nitrogens with one attached hydrogen (secondary N) is 1. The van der Waals surface area contributed by atoms with Crippen LogP contribution >= 0.6 is 0 Å². The summed E-state index contributed by atoms with van der Waals surface area (Å²) in [4.78, 5) is 12.3. The second-order valence-electron chi connectivity index (χ2n) is 7.73. The lowest BCUT2D eigenvalue weighted by molar-refractivity contribution is -0.274. The Balaban J connectivity index is 1.48. The molecule has 1 amide bonds. The highest BCUT2D eigenvalue weighted by atomic mass is 19.4. The molecule has 4 nitrogen and oxygen atoms in total. The third-order valence-electron chi connectivity index (χ3n) is 5.66.